The predicted octanol–water partition coefficient (Wildman–Crippen LogP) is 3.77. The van der Waals surface area contributed by atoms with Crippen molar-refractivity contribution in [1.82, 2.24) is 5.32 Å². The molecule has 1 aromatic carbocycles. The van der Waals surface area contributed by atoms with E-state index in [9.17, 15) is 0 Å². The Bertz CT molecular complexity index is 392. The third kappa shape index (κ3) is 3.63. The molecular formula is C15H24ClNO. The molecule has 102 valence electrons. The van der Waals surface area contributed by atoms with Gasteiger partial charge < -0.3 is 10.1 Å². The Morgan fingerprint density at radius 3 is 2.56 bits per heavy atom. The molecule has 0 aliphatic rings. The summed E-state index contributed by atoms with van der Waals surface area (Å²) in [4.78, 5) is 0. The second kappa shape index (κ2) is 6.44. The quantitative estimate of drug-likeness (QED) is 0.849. The van der Waals surface area contributed by atoms with Gasteiger partial charge in [0.15, 0.2) is 0 Å². The van der Waals surface area contributed by atoms with Gasteiger partial charge in [0.05, 0.1) is 7.11 Å². The zero-order valence-electron chi connectivity index (χ0n) is 12.0. The summed E-state index contributed by atoms with van der Waals surface area (Å²) in [5.74, 6) is 1.50. The monoisotopic (exact) mass is 269 g/mol. The van der Waals surface area contributed by atoms with Gasteiger partial charge in [-0.3, -0.25) is 0 Å². The first kappa shape index (κ1) is 15.3. The van der Waals surface area contributed by atoms with Crippen LogP contribution in [0, 0.1) is 11.3 Å². The van der Waals surface area contributed by atoms with Crippen LogP contribution in [0.1, 0.15) is 26.3 Å². The molecule has 1 unspecified atom stereocenters. The van der Waals surface area contributed by atoms with Crippen molar-refractivity contribution in [1.29, 1.82) is 0 Å². The molecule has 0 saturated heterocycles. The van der Waals surface area contributed by atoms with Crippen LogP contribution in [0.5, 0.6) is 5.75 Å². The highest BCUT2D eigenvalue weighted by Gasteiger charge is 2.29. The van der Waals surface area contributed by atoms with Crippen molar-refractivity contribution in [3.8, 4) is 5.75 Å². The average molecular weight is 270 g/mol. The predicted molar refractivity (Wildman–Crippen MR) is 78.6 cm³/mol. The van der Waals surface area contributed by atoms with Gasteiger partial charge in [-0.25, -0.2) is 0 Å². The fourth-order valence-corrected chi connectivity index (χ4v) is 2.39. The number of nitrogens with one attached hydrogen (secondary N) is 1. The van der Waals surface area contributed by atoms with E-state index in [0.29, 0.717) is 5.92 Å². The van der Waals surface area contributed by atoms with Gasteiger partial charge in [-0.2, -0.15) is 0 Å². The van der Waals surface area contributed by atoms with E-state index in [0.717, 1.165) is 23.7 Å². The van der Waals surface area contributed by atoms with Crippen molar-refractivity contribution in [2.75, 3.05) is 20.7 Å². The Morgan fingerprint density at radius 2 is 2.06 bits per heavy atom. The maximum Gasteiger partial charge on any atom is 0.122 e. The lowest BCUT2D eigenvalue weighted by molar-refractivity contribution is 0.210. The summed E-state index contributed by atoms with van der Waals surface area (Å²) in [6.45, 7) is 7.79. The van der Waals surface area contributed by atoms with Gasteiger partial charge in [-0.15, -0.1) is 0 Å². The summed E-state index contributed by atoms with van der Waals surface area (Å²) in [6, 6.07) is 5.82. The average Bonchev–Trinajstić information content (AvgIpc) is 2.29. The van der Waals surface area contributed by atoms with Gasteiger partial charge in [0.2, 0.25) is 0 Å². The smallest absolute Gasteiger partial charge is 0.122 e. The second-order valence-electron chi connectivity index (χ2n) is 5.47. The van der Waals surface area contributed by atoms with E-state index in [-0.39, 0.29) is 5.41 Å². The molecule has 0 aromatic heterocycles. The van der Waals surface area contributed by atoms with Gasteiger partial charge in [0, 0.05) is 11.6 Å². The van der Waals surface area contributed by atoms with E-state index in [1.165, 1.54) is 5.56 Å². The Balaban J connectivity index is 3.03. The van der Waals surface area contributed by atoms with Crippen LogP contribution in [-0.2, 0) is 6.42 Å². The van der Waals surface area contributed by atoms with Crippen molar-refractivity contribution in [2.24, 2.45) is 11.3 Å². The van der Waals surface area contributed by atoms with Crippen LogP contribution < -0.4 is 10.1 Å². The summed E-state index contributed by atoms with van der Waals surface area (Å²) in [6.07, 6.45) is 0.954. The number of halogens is 1. The van der Waals surface area contributed by atoms with Crippen LogP contribution >= 0.6 is 11.6 Å². The number of ether oxygens (including phenoxy) is 1. The SMILES string of the molecule is CNCC(C)(Cc1cc(Cl)ccc1OC)C(C)C. The molecule has 3 heteroatoms. The molecule has 0 aliphatic heterocycles. The Morgan fingerprint density at radius 1 is 1.39 bits per heavy atom. The molecule has 1 rings (SSSR count). The third-order valence-electron chi connectivity index (χ3n) is 3.81. The lowest BCUT2D eigenvalue weighted by Gasteiger charge is -2.34. The Kier molecular flexibility index (Phi) is 5.48. The van der Waals surface area contributed by atoms with E-state index >= 15 is 0 Å². The van der Waals surface area contributed by atoms with Crippen LogP contribution in [-0.4, -0.2) is 20.7 Å². The lowest BCUT2D eigenvalue weighted by atomic mass is 9.74. The van der Waals surface area contributed by atoms with Gasteiger partial charge in [0.1, 0.15) is 5.75 Å². The standard InChI is InChI=1S/C15H24ClNO/c1-11(2)15(3,10-17-4)9-12-8-13(16)6-7-14(12)18-5/h6-8,11,17H,9-10H2,1-5H3. The highest BCUT2D eigenvalue weighted by Crippen LogP contribution is 2.34. The summed E-state index contributed by atoms with van der Waals surface area (Å²) < 4.78 is 5.43. The largest absolute Gasteiger partial charge is 0.496 e. The maximum absolute atomic E-state index is 6.09. The van der Waals surface area contributed by atoms with Gasteiger partial charge in [-0.05, 0) is 48.6 Å². The van der Waals surface area contributed by atoms with Crippen molar-refractivity contribution in [3.63, 3.8) is 0 Å². The summed E-state index contributed by atoms with van der Waals surface area (Å²) in [5.41, 5.74) is 1.36. The zero-order valence-corrected chi connectivity index (χ0v) is 12.8. The number of methoxy groups -OCH3 is 1. The highest BCUT2D eigenvalue weighted by atomic mass is 35.5. The van der Waals surface area contributed by atoms with E-state index < -0.39 is 0 Å². The summed E-state index contributed by atoms with van der Waals surface area (Å²) in [5, 5.41) is 4.05. The summed E-state index contributed by atoms with van der Waals surface area (Å²) >= 11 is 6.09. The van der Waals surface area contributed by atoms with Crippen molar-refractivity contribution < 1.29 is 4.74 Å². The Hall–Kier alpha value is -0.730. The minimum absolute atomic E-state index is 0.187. The maximum atomic E-state index is 6.09. The molecule has 0 spiro atoms. The van der Waals surface area contributed by atoms with E-state index in [1.54, 1.807) is 7.11 Å². The van der Waals surface area contributed by atoms with Crippen molar-refractivity contribution in [2.45, 2.75) is 27.2 Å². The molecule has 0 amide bonds. The first-order valence-corrected chi connectivity index (χ1v) is 6.77. The normalized spacial score (nSPS) is 14.6. The van der Waals surface area contributed by atoms with Crippen LogP contribution in [0.2, 0.25) is 5.02 Å². The first-order valence-electron chi connectivity index (χ1n) is 6.40. The van der Waals surface area contributed by atoms with Crippen LogP contribution in [0.15, 0.2) is 18.2 Å². The third-order valence-corrected chi connectivity index (χ3v) is 4.05. The molecule has 0 saturated carbocycles. The number of hydrogen-bond acceptors (Lipinski definition) is 2. The van der Waals surface area contributed by atoms with Crippen molar-refractivity contribution in [3.05, 3.63) is 28.8 Å². The number of hydrogen-bond donors (Lipinski definition) is 1. The minimum Gasteiger partial charge on any atom is -0.496 e. The topological polar surface area (TPSA) is 21.3 Å². The van der Waals surface area contributed by atoms with E-state index in [4.69, 9.17) is 16.3 Å². The van der Waals surface area contributed by atoms with E-state index in [2.05, 4.69) is 26.1 Å². The Labute approximate surface area is 116 Å². The molecule has 1 N–H and O–H groups in total. The minimum atomic E-state index is 0.187. The van der Waals surface area contributed by atoms with Crippen LogP contribution in [0.4, 0.5) is 0 Å². The molecule has 1 atom stereocenters. The van der Waals surface area contributed by atoms with E-state index in [1.807, 2.05) is 25.2 Å². The zero-order chi connectivity index (χ0) is 13.8. The molecule has 0 heterocycles. The van der Waals surface area contributed by atoms with Crippen molar-refractivity contribution >= 4 is 11.6 Å². The fourth-order valence-electron chi connectivity index (χ4n) is 2.19. The molecule has 0 aliphatic carbocycles. The second-order valence-corrected chi connectivity index (χ2v) is 5.91. The van der Waals surface area contributed by atoms with Gasteiger partial charge in [0.25, 0.3) is 0 Å². The van der Waals surface area contributed by atoms with Crippen LogP contribution in [0.25, 0.3) is 0 Å². The molecule has 1 aromatic rings. The molecule has 2 nitrogen and oxygen atoms in total. The lowest BCUT2D eigenvalue weighted by Crippen LogP contribution is -2.36. The highest BCUT2D eigenvalue weighted by molar-refractivity contribution is 6.30. The first-order chi connectivity index (χ1) is 8.42. The fraction of sp³-hybridized carbons (Fsp3) is 0.600. The summed E-state index contributed by atoms with van der Waals surface area (Å²) in [7, 11) is 3.70. The molecule has 18 heavy (non-hydrogen) atoms. The molecule has 0 fully saturated rings. The van der Waals surface area contributed by atoms with Gasteiger partial charge >= 0.3 is 0 Å². The van der Waals surface area contributed by atoms with Crippen LogP contribution in [0.3, 0.4) is 0 Å². The molecule has 0 radical (unpaired) electrons. The number of rotatable bonds is 6. The number of benzene rings is 1. The molecular weight excluding hydrogens is 246 g/mol. The molecule has 0 bridgehead atoms. The van der Waals surface area contributed by atoms with Gasteiger partial charge in [-0.1, -0.05) is 32.4 Å².